The fraction of sp³-hybridized carbons (Fsp3) is 0.0769. The van der Waals surface area contributed by atoms with Gasteiger partial charge in [0.1, 0.15) is 11.6 Å². The van der Waals surface area contributed by atoms with E-state index in [1.165, 1.54) is 18.3 Å². The Morgan fingerprint density at radius 1 is 1.15 bits per heavy atom. The SMILES string of the molecule is Oc1ccccc1/C=N\Nc1ccc(C(F)(F)F)cn1. The quantitative estimate of drug-likeness (QED) is 0.670. The molecule has 1 heterocycles. The van der Waals surface area contributed by atoms with Crippen molar-refractivity contribution in [3.05, 3.63) is 53.7 Å². The Kier molecular flexibility index (Phi) is 3.88. The number of benzene rings is 1. The molecule has 2 aromatic rings. The lowest BCUT2D eigenvalue weighted by molar-refractivity contribution is -0.137. The van der Waals surface area contributed by atoms with E-state index in [-0.39, 0.29) is 11.6 Å². The molecule has 2 N–H and O–H groups in total. The van der Waals surface area contributed by atoms with Crippen molar-refractivity contribution in [1.82, 2.24) is 4.98 Å². The van der Waals surface area contributed by atoms with E-state index in [4.69, 9.17) is 0 Å². The van der Waals surface area contributed by atoms with Crippen LogP contribution in [0.2, 0.25) is 0 Å². The number of phenolic OH excluding ortho intramolecular Hbond substituents is 1. The van der Waals surface area contributed by atoms with Crippen molar-refractivity contribution >= 4 is 12.0 Å². The Morgan fingerprint density at radius 2 is 1.90 bits per heavy atom. The summed E-state index contributed by atoms with van der Waals surface area (Å²) < 4.78 is 37.0. The van der Waals surface area contributed by atoms with E-state index in [1.807, 2.05) is 0 Å². The third kappa shape index (κ3) is 3.47. The van der Waals surface area contributed by atoms with E-state index in [2.05, 4.69) is 15.5 Å². The molecule has 0 bridgehead atoms. The van der Waals surface area contributed by atoms with E-state index in [0.29, 0.717) is 5.56 Å². The first kappa shape index (κ1) is 13.9. The fourth-order valence-corrected chi connectivity index (χ4v) is 1.39. The van der Waals surface area contributed by atoms with Crippen LogP contribution in [0.15, 0.2) is 47.7 Å². The largest absolute Gasteiger partial charge is 0.507 e. The van der Waals surface area contributed by atoms with Gasteiger partial charge >= 0.3 is 6.18 Å². The van der Waals surface area contributed by atoms with Gasteiger partial charge < -0.3 is 5.11 Å². The third-order valence-corrected chi connectivity index (χ3v) is 2.41. The topological polar surface area (TPSA) is 57.5 Å². The Bertz CT molecular complexity index is 609. The Morgan fingerprint density at radius 3 is 2.50 bits per heavy atom. The maximum Gasteiger partial charge on any atom is 0.417 e. The number of pyridine rings is 1. The molecule has 0 atom stereocenters. The van der Waals surface area contributed by atoms with Gasteiger partial charge in [0.25, 0.3) is 0 Å². The Balaban J connectivity index is 2.03. The van der Waals surface area contributed by atoms with Crippen LogP contribution in [0, 0.1) is 0 Å². The summed E-state index contributed by atoms with van der Waals surface area (Å²) in [5.74, 6) is 0.225. The summed E-state index contributed by atoms with van der Waals surface area (Å²) in [6.07, 6.45) is -2.35. The normalized spacial score (nSPS) is 11.8. The molecule has 0 aliphatic heterocycles. The smallest absolute Gasteiger partial charge is 0.417 e. The fourth-order valence-electron chi connectivity index (χ4n) is 1.39. The maximum atomic E-state index is 12.3. The average molecular weight is 281 g/mol. The second-order valence-corrected chi connectivity index (χ2v) is 3.86. The van der Waals surface area contributed by atoms with Crippen molar-refractivity contribution in [2.45, 2.75) is 6.18 Å². The van der Waals surface area contributed by atoms with Crippen molar-refractivity contribution in [2.75, 3.05) is 5.43 Å². The number of rotatable bonds is 3. The van der Waals surface area contributed by atoms with Gasteiger partial charge in [0.2, 0.25) is 0 Å². The minimum absolute atomic E-state index is 0.0541. The van der Waals surface area contributed by atoms with Crippen LogP contribution >= 0.6 is 0 Å². The first-order valence-electron chi connectivity index (χ1n) is 5.57. The zero-order valence-electron chi connectivity index (χ0n) is 10.1. The highest BCUT2D eigenvalue weighted by atomic mass is 19.4. The van der Waals surface area contributed by atoms with Crippen LogP contribution in [-0.2, 0) is 6.18 Å². The summed E-state index contributed by atoms with van der Waals surface area (Å²) in [5.41, 5.74) is 2.13. The standard InChI is InChI=1S/C13H10F3N3O/c14-13(15,16)10-5-6-12(17-8-10)19-18-7-9-3-1-2-4-11(9)20/h1-8,20H,(H,17,19)/b18-7-. The molecule has 0 radical (unpaired) electrons. The number of hydrogen-bond donors (Lipinski definition) is 2. The van der Waals surface area contributed by atoms with E-state index in [0.717, 1.165) is 12.3 Å². The lowest BCUT2D eigenvalue weighted by Gasteiger charge is -2.06. The van der Waals surface area contributed by atoms with E-state index in [9.17, 15) is 18.3 Å². The molecule has 0 aliphatic carbocycles. The van der Waals surface area contributed by atoms with Crippen molar-refractivity contribution in [1.29, 1.82) is 0 Å². The Hall–Kier alpha value is -2.57. The molecule has 0 unspecified atom stereocenters. The predicted octanol–water partition coefficient (Wildman–Crippen LogP) is 3.25. The highest BCUT2D eigenvalue weighted by Crippen LogP contribution is 2.28. The van der Waals surface area contributed by atoms with E-state index >= 15 is 0 Å². The first-order chi connectivity index (χ1) is 9.47. The molecule has 2 rings (SSSR count). The van der Waals surface area contributed by atoms with Crippen molar-refractivity contribution < 1.29 is 18.3 Å². The summed E-state index contributed by atoms with van der Waals surface area (Å²) in [4.78, 5) is 3.59. The number of aromatic nitrogens is 1. The number of nitrogens with one attached hydrogen (secondary N) is 1. The van der Waals surface area contributed by atoms with Crippen LogP contribution in [0.1, 0.15) is 11.1 Å². The lowest BCUT2D eigenvalue weighted by Crippen LogP contribution is -2.05. The number of alkyl halides is 3. The second kappa shape index (κ2) is 5.60. The van der Waals surface area contributed by atoms with Crippen LogP contribution in [0.5, 0.6) is 5.75 Å². The molecular weight excluding hydrogens is 271 g/mol. The molecule has 0 spiro atoms. The molecule has 0 aliphatic rings. The molecule has 104 valence electrons. The van der Waals surface area contributed by atoms with Crippen molar-refractivity contribution in [2.24, 2.45) is 5.10 Å². The zero-order valence-corrected chi connectivity index (χ0v) is 10.1. The highest BCUT2D eigenvalue weighted by molar-refractivity contribution is 5.83. The van der Waals surface area contributed by atoms with Gasteiger partial charge in [-0.05, 0) is 24.3 Å². The number of hydrazone groups is 1. The van der Waals surface area contributed by atoms with Crippen LogP contribution < -0.4 is 5.43 Å². The molecule has 1 aromatic carbocycles. The van der Waals surface area contributed by atoms with Gasteiger partial charge in [-0.1, -0.05) is 12.1 Å². The molecule has 0 saturated carbocycles. The van der Waals surface area contributed by atoms with Gasteiger partial charge in [0.15, 0.2) is 0 Å². The number of aromatic hydroxyl groups is 1. The minimum atomic E-state index is -4.41. The third-order valence-electron chi connectivity index (χ3n) is 2.41. The Labute approximate surface area is 112 Å². The van der Waals surface area contributed by atoms with Crippen LogP contribution in [0.4, 0.5) is 19.0 Å². The maximum absolute atomic E-state index is 12.3. The monoisotopic (exact) mass is 281 g/mol. The van der Waals surface area contributed by atoms with Gasteiger partial charge in [-0.15, -0.1) is 0 Å². The second-order valence-electron chi connectivity index (χ2n) is 3.86. The minimum Gasteiger partial charge on any atom is -0.507 e. The summed E-state index contributed by atoms with van der Waals surface area (Å²) in [6, 6.07) is 8.60. The first-order valence-corrected chi connectivity index (χ1v) is 5.57. The molecule has 1 aromatic heterocycles. The molecule has 4 nitrogen and oxygen atoms in total. The van der Waals surface area contributed by atoms with Crippen molar-refractivity contribution in [3.8, 4) is 5.75 Å². The molecule has 0 amide bonds. The summed E-state index contributed by atoms with van der Waals surface area (Å²) in [5, 5.41) is 13.3. The van der Waals surface area contributed by atoms with E-state index < -0.39 is 11.7 Å². The molecular formula is C13H10F3N3O. The molecule has 7 heteroatoms. The number of halogens is 3. The summed E-state index contributed by atoms with van der Waals surface area (Å²) in [7, 11) is 0. The van der Waals surface area contributed by atoms with Gasteiger partial charge in [-0.3, -0.25) is 5.43 Å². The molecule has 0 fully saturated rings. The molecule has 20 heavy (non-hydrogen) atoms. The average Bonchev–Trinajstić information content (AvgIpc) is 2.40. The lowest BCUT2D eigenvalue weighted by atomic mass is 10.2. The number of hydrogen-bond acceptors (Lipinski definition) is 4. The van der Waals surface area contributed by atoms with Gasteiger partial charge in [-0.2, -0.15) is 18.3 Å². The van der Waals surface area contributed by atoms with Crippen LogP contribution in [0.25, 0.3) is 0 Å². The van der Waals surface area contributed by atoms with Gasteiger partial charge in [0, 0.05) is 11.8 Å². The summed E-state index contributed by atoms with van der Waals surface area (Å²) in [6.45, 7) is 0. The number of para-hydroxylation sites is 1. The number of nitrogens with zero attached hydrogens (tertiary/aromatic N) is 2. The summed E-state index contributed by atoms with van der Waals surface area (Å²) >= 11 is 0. The van der Waals surface area contributed by atoms with Gasteiger partial charge in [0.05, 0.1) is 11.8 Å². The number of phenols is 1. The van der Waals surface area contributed by atoms with Crippen LogP contribution in [-0.4, -0.2) is 16.3 Å². The van der Waals surface area contributed by atoms with E-state index in [1.54, 1.807) is 18.2 Å². The van der Waals surface area contributed by atoms with Crippen LogP contribution in [0.3, 0.4) is 0 Å². The molecule has 0 saturated heterocycles. The zero-order chi connectivity index (χ0) is 14.6. The highest BCUT2D eigenvalue weighted by Gasteiger charge is 2.30. The predicted molar refractivity (Wildman–Crippen MR) is 68.6 cm³/mol. The van der Waals surface area contributed by atoms with Crippen molar-refractivity contribution in [3.63, 3.8) is 0 Å². The van der Waals surface area contributed by atoms with Gasteiger partial charge in [-0.25, -0.2) is 4.98 Å². The number of anilines is 1.